The zero-order valence-electron chi connectivity index (χ0n) is 19.1. The van der Waals surface area contributed by atoms with E-state index in [-0.39, 0.29) is 0 Å². The van der Waals surface area contributed by atoms with Crippen molar-refractivity contribution in [3.8, 4) is 11.3 Å². The second-order valence-corrected chi connectivity index (χ2v) is 11.1. The molecule has 33 heavy (non-hydrogen) atoms. The van der Waals surface area contributed by atoms with E-state index in [9.17, 15) is 13.2 Å². The summed E-state index contributed by atoms with van der Waals surface area (Å²) >= 11 is 0. The Kier molecular flexibility index (Phi) is 5.79. The van der Waals surface area contributed by atoms with E-state index in [0.29, 0.717) is 18.0 Å². The summed E-state index contributed by atoms with van der Waals surface area (Å²) in [6, 6.07) is 14.1. The number of carbonyl (C=O) groups is 1. The summed E-state index contributed by atoms with van der Waals surface area (Å²) in [6.07, 6.45) is 10.4. The van der Waals surface area contributed by atoms with Crippen molar-refractivity contribution >= 4 is 27.0 Å². The number of carbonyl (C=O) groups excluding carboxylic acids is 1. The topological polar surface area (TPSA) is 71.4 Å². The van der Waals surface area contributed by atoms with Crippen LogP contribution in [0.25, 0.3) is 22.2 Å². The number of rotatable bonds is 4. The van der Waals surface area contributed by atoms with Crippen LogP contribution in [0.4, 0.5) is 0 Å². The van der Waals surface area contributed by atoms with Crippen molar-refractivity contribution in [1.29, 1.82) is 0 Å². The molecule has 0 bridgehead atoms. The van der Waals surface area contributed by atoms with Gasteiger partial charge in [-0.2, -0.15) is 12.7 Å². The quantitative estimate of drug-likeness (QED) is 0.618. The average molecular weight is 464 g/mol. The highest BCUT2D eigenvalue weighted by molar-refractivity contribution is 7.87. The van der Waals surface area contributed by atoms with Gasteiger partial charge in [-0.25, -0.2) is 4.72 Å². The molecular formula is C26H29N3O3S. The zero-order chi connectivity index (χ0) is 23.2. The molecule has 7 heteroatoms. The summed E-state index contributed by atoms with van der Waals surface area (Å²) in [4.78, 5) is 12.8. The molecule has 0 saturated heterocycles. The van der Waals surface area contributed by atoms with Crippen molar-refractivity contribution in [2.24, 2.45) is 0 Å². The van der Waals surface area contributed by atoms with Gasteiger partial charge in [0, 0.05) is 49.1 Å². The lowest BCUT2D eigenvalue weighted by molar-refractivity contribution is 0.0980. The molecule has 2 aromatic carbocycles. The van der Waals surface area contributed by atoms with Gasteiger partial charge in [0.05, 0.1) is 5.69 Å². The van der Waals surface area contributed by atoms with Crippen molar-refractivity contribution in [2.45, 2.75) is 51.0 Å². The van der Waals surface area contributed by atoms with Crippen molar-refractivity contribution in [2.75, 3.05) is 14.1 Å². The first-order valence-electron chi connectivity index (χ1n) is 11.6. The van der Waals surface area contributed by atoms with Crippen LogP contribution in [0.3, 0.4) is 0 Å². The van der Waals surface area contributed by atoms with Crippen LogP contribution in [0, 0.1) is 6.42 Å². The van der Waals surface area contributed by atoms with Gasteiger partial charge in [-0.15, -0.1) is 0 Å². The summed E-state index contributed by atoms with van der Waals surface area (Å²) < 4.78 is 29.8. The molecule has 1 aliphatic heterocycles. The first kappa shape index (κ1) is 22.2. The lowest BCUT2D eigenvalue weighted by Gasteiger charge is -2.24. The lowest BCUT2D eigenvalue weighted by atomic mass is 9.81. The minimum absolute atomic E-state index is 0.334. The van der Waals surface area contributed by atoms with E-state index < -0.39 is 16.1 Å². The van der Waals surface area contributed by atoms with Crippen LogP contribution in [0.1, 0.15) is 59.5 Å². The monoisotopic (exact) mass is 463 g/mol. The number of nitrogens with zero attached hydrogens (tertiary/aromatic N) is 2. The number of hydrogen-bond acceptors (Lipinski definition) is 3. The van der Waals surface area contributed by atoms with Crippen LogP contribution in [0.5, 0.6) is 0 Å². The molecule has 2 aliphatic rings. The van der Waals surface area contributed by atoms with E-state index in [0.717, 1.165) is 21.6 Å². The number of aromatic nitrogens is 1. The van der Waals surface area contributed by atoms with Crippen LogP contribution in [-0.4, -0.2) is 37.3 Å². The molecule has 2 radical (unpaired) electrons. The van der Waals surface area contributed by atoms with Gasteiger partial charge in [0.25, 0.3) is 5.91 Å². The smallest absolute Gasteiger partial charge is 0.303 e. The Morgan fingerprint density at radius 2 is 1.85 bits per heavy atom. The van der Waals surface area contributed by atoms with Gasteiger partial charge in [0.1, 0.15) is 0 Å². The van der Waals surface area contributed by atoms with Crippen LogP contribution in [0.15, 0.2) is 42.5 Å². The highest BCUT2D eigenvalue weighted by atomic mass is 32.2. The minimum Gasteiger partial charge on any atom is -0.340 e. The fraction of sp³-hybridized carbons (Fsp3) is 0.385. The standard InChI is InChI=1S/C26H29N3O3S/c1-28(2)33(31,32)27-26(30)20-14-15-22-23(17-20)29-16-8-12-18-9-6-7-13-21(18)25(29)24(22)19-10-4-3-5-11-19/h6-7,9,13-15,17,19H,3-5,10-12,16H2,1-2H3,(H,27,30). The molecule has 2 heterocycles. The van der Waals surface area contributed by atoms with Crippen molar-refractivity contribution in [3.05, 3.63) is 65.6 Å². The molecule has 0 unspecified atom stereocenters. The predicted molar refractivity (Wildman–Crippen MR) is 130 cm³/mol. The fourth-order valence-corrected chi connectivity index (χ4v) is 5.79. The summed E-state index contributed by atoms with van der Waals surface area (Å²) in [5.74, 6) is -0.139. The van der Waals surface area contributed by atoms with E-state index in [2.05, 4.69) is 40.0 Å². The lowest BCUT2D eigenvalue weighted by Crippen LogP contribution is -2.39. The maximum atomic E-state index is 12.8. The zero-order valence-corrected chi connectivity index (χ0v) is 19.9. The number of nitrogens with one attached hydrogen (secondary N) is 1. The van der Waals surface area contributed by atoms with Crippen molar-refractivity contribution < 1.29 is 13.2 Å². The molecule has 1 saturated carbocycles. The molecule has 0 atom stereocenters. The third-order valence-corrected chi connectivity index (χ3v) is 8.34. The molecule has 1 fully saturated rings. The Labute approximate surface area is 195 Å². The normalized spacial score (nSPS) is 16.9. The number of fused-ring (bicyclic) bond motifs is 5. The molecule has 5 rings (SSSR count). The Morgan fingerprint density at radius 1 is 1.09 bits per heavy atom. The van der Waals surface area contributed by atoms with Crippen LogP contribution >= 0.6 is 0 Å². The third kappa shape index (κ3) is 3.97. The van der Waals surface area contributed by atoms with Crippen LogP contribution in [-0.2, 0) is 23.2 Å². The van der Waals surface area contributed by atoms with Crippen LogP contribution < -0.4 is 4.72 Å². The molecule has 1 amide bonds. The molecular weight excluding hydrogens is 434 g/mol. The van der Waals surface area contributed by atoms with E-state index in [4.69, 9.17) is 0 Å². The van der Waals surface area contributed by atoms with Crippen molar-refractivity contribution in [3.63, 3.8) is 0 Å². The summed E-state index contributed by atoms with van der Waals surface area (Å²) in [7, 11) is -1.07. The molecule has 6 nitrogen and oxygen atoms in total. The summed E-state index contributed by atoms with van der Waals surface area (Å²) in [5, 5.41) is 1.16. The highest BCUT2D eigenvalue weighted by Crippen LogP contribution is 2.46. The molecule has 1 aliphatic carbocycles. The second kappa shape index (κ2) is 8.61. The molecule has 3 aromatic rings. The number of benzene rings is 2. The maximum Gasteiger partial charge on any atom is 0.303 e. The molecule has 1 aromatic heterocycles. The van der Waals surface area contributed by atoms with E-state index >= 15 is 0 Å². The molecule has 172 valence electrons. The Morgan fingerprint density at radius 3 is 2.61 bits per heavy atom. The van der Waals surface area contributed by atoms with Crippen molar-refractivity contribution in [1.82, 2.24) is 13.6 Å². The van der Waals surface area contributed by atoms with E-state index in [1.807, 2.05) is 12.1 Å². The Bertz CT molecular complexity index is 1320. The summed E-state index contributed by atoms with van der Waals surface area (Å²) in [6.45, 7) is 0.633. The van der Waals surface area contributed by atoms with Gasteiger partial charge in [-0.1, -0.05) is 49.6 Å². The molecule has 1 N–H and O–H groups in total. The van der Waals surface area contributed by atoms with Gasteiger partial charge in [0.15, 0.2) is 0 Å². The van der Waals surface area contributed by atoms with Gasteiger partial charge in [0.2, 0.25) is 0 Å². The van der Waals surface area contributed by atoms with E-state index in [1.54, 1.807) is 6.07 Å². The summed E-state index contributed by atoms with van der Waals surface area (Å²) in [5.41, 5.74) is 6.40. The second-order valence-electron chi connectivity index (χ2n) is 9.22. The number of amides is 1. The largest absolute Gasteiger partial charge is 0.340 e. The van der Waals surface area contributed by atoms with Gasteiger partial charge in [-0.3, -0.25) is 4.79 Å². The third-order valence-electron chi connectivity index (χ3n) is 6.94. The van der Waals surface area contributed by atoms with E-state index in [1.165, 1.54) is 68.6 Å². The Hall–Kier alpha value is -2.64. The highest BCUT2D eigenvalue weighted by Gasteiger charge is 2.29. The van der Waals surface area contributed by atoms with Gasteiger partial charge < -0.3 is 4.57 Å². The van der Waals surface area contributed by atoms with Crippen LogP contribution in [0.2, 0.25) is 0 Å². The minimum atomic E-state index is -3.86. The van der Waals surface area contributed by atoms with Gasteiger partial charge in [-0.05, 0) is 48.4 Å². The van der Waals surface area contributed by atoms with Gasteiger partial charge >= 0.3 is 10.2 Å². The average Bonchev–Trinajstić information content (AvgIpc) is 3.00. The molecule has 0 spiro atoms. The Balaban J connectivity index is 1.69. The fourth-order valence-electron chi connectivity index (χ4n) is 5.25. The number of hydrogen-bond donors (Lipinski definition) is 1. The predicted octanol–water partition coefficient (Wildman–Crippen LogP) is 4.53. The maximum absolute atomic E-state index is 12.8. The first-order chi connectivity index (χ1) is 15.9. The first-order valence-corrected chi connectivity index (χ1v) is 13.0. The SMILES string of the molecule is CN(C)S(=O)(=O)NC(=O)c1ccc2c(C3CCCCC3)c3n(c2c1)C[C]Cc1ccccc1-3.